The zero-order valence-electron chi connectivity index (χ0n) is 19.5. The number of nitrogens with zero attached hydrogens (tertiary/aromatic N) is 3. The molecule has 2 aromatic heterocycles. The number of nitrogens with one attached hydrogen (secondary N) is 2. The summed E-state index contributed by atoms with van der Waals surface area (Å²) in [7, 11) is 3.30. The molecule has 2 aliphatic rings. The lowest BCUT2D eigenvalue weighted by molar-refractivity contribution is -0.148. The summed E-state index contributed by atoms with van der Waals surface area (Å²) in [6.45, 7) is 4.58. The number of rotatable bonds is 9. The zero-order chi connectivity index (χ0) is 23.4. The minimum atomic E-state index is -0.417. The molecule has 0 spiro atoms. The maximum absolute atomic E-state index is 13.4. The molecule has 33 heavy (non-hydrogen) atoms. The van der Waals surface area contributed by atoms with Gasteiger partial charge in [-0.15, -0.1) is 11.3 Å². The number of carbonyl (C=O) groups excluding carboxylic acids is 2. The number of hydrogen-bond acceptors (Lipinski definition) is 7. The number of thiophene rings is 1. The van der Waals surface area contributed by atoms with E-state index in [1.807, 2.05) is 22.7 Å². The summed E-state index contributed by atoms with van der Waals surface area (Å²) in [5.41, 5.74) is 2.26. The first-order valence-corrected chi connectivity index (χ1v) is 12.4. The van der Waals surface area contributed by atoms with Crippen LogP contribution in [0.2, 0.25) is 0 Å². The van der Waals surface area contributed by atoms with Gasteiger partial charge in [-0.2, -0.15) is 5.10 Å². The molecule has 0 radical (unpaired) electrons. The number of amides is 2. The quantitative estimate of drug-likeness (QED) is 0.541. The molecular formula is C23H33N5O4S. The van der Waals surface area contributed by atoms with Crippen LogP contribution in [0, 0.1) is 0 Å². The van der Waals surface area contributed by atoms with Crippen LogP contribution in [0.4, 0.5) is 4.79 Å². The van der Waals surface area contributed by atoms with Crippen LogP contribution < -0.4 is 10.6 Å². The minimum absolute atomic E-state index is 0.0329. The molecule has 1 saturated carbocycles. The highest BCUT2D eigenvalue weighted by molar-refractivity contribution is 7.15. The van der Waals surface area contributed by atoms with E-state index in [1.54, 1.807) is 17.5 Å². The Morgan fingerprint density at radius 1 is 1.45 bits per heavy atom. The Bertz CT molecular complexity index is 964. The monoisotopic (exact) mass is 475 g/mol. The van der Waals surface area contributed by atoms with Crippen molar-refractivity contribution < 1.29 is 19.1 Å². The average molecular weight is 476 g/mol. The van der Waals surface area contributed by atoms with Gasteiger partial charge < -0.3 is 25.0 Å². The van der Waals surface area contributed by atoms with Gasteiger partial charge in [0.2, 0.25) is 0 Å². The highest BCUT2D eigenvalue weighted by Crippen LogP contribution is 2.41. The van der Waals surface area contributed by atoms with Crippen LogP contribution in [0.25, 0.3) is 10.6 Å². The number of hydrogen-bond donors (Lipinski definition) is 2. The molecule has 2 aromatic rings. The van der Waals surface area contributed by atoms with Gasteiger partial charge in [0.05, 0.1) is 30.3 Å². The van der Waals surface area contributed by atoms with E-state index in [-0.39, 0.29) is 18.0 Å². The highest BCUT2D eigenvalue weighted by atomic mass is 32.1. The second-order valence-electron chi connectivity index (χ2n) is 8.58. The first kappa shape index (κ1) is 23.7. The first-order valence-electron chi connectivity index (χ1n) is 11.6. The summed E-state index contributed by atoms with van der Waals surface area (Å²) < 4.78 is 12.3. The molecule has 0 aromatic carbocycles. The summed E-state index contributed by atoms with van der Waals surface area (Å²) in [4.78, 5) is 29.1. The van der Waals surface area contributed by atoms with E-state index in [9.17, 15) is 9.59 Å². The van der Waals surface area contributed by atoms with E-state index in [2.05, 4.69) is 33.5 Å². The Morgan fingerprint density at radius 2 is 2.27 bits per heavy atom. The standard InChI is InChI=1S/C23H33N5O4S/c1-15(28(17-6-7-17)22(29)19-14-24-11-12-32-19)20-13-16(5-4-9-25-23(30)31-3)21(33-20)18-8-10-26-27(18)2/h8,10,13,15,17,19,24H,4-7,9,11-12,14H2,1-3H3,(H,25,30)/t15-,19-/m1/s1. The fourth-order valence-electron chi connectivity index (χ4n) is 4.26. The molecule has 0 bridgehead atoms. The Balaban J connectivity index is 1.55. The third-order valence-electron chi connectivity index (χ3n) is 6.19. The second-order valence-corrected chi connectivity index (χ2v) is 9.67. The normalized spacial score (nSPS) is 19.2. The van der Waals surface area contributed by atoms with Crippen LogP contribution in [0.1, 0.15) is 42.7 Å². The Hall–Kier alpha value is -2.43. The van der Waals surface area contributed by atoms with Crippen molar-refractivity contribution in [2.75, 3.05) is 33.4 Å². The van der Waals surface area contributed by atoms with Crippen molar-refractivity contribution in [2.45, 2.75) is 50.8 Å². The van der Waals surface area contributed by atoms with Crippen molar-refractivity contribution in [3.63, 3.8) is 0 Å². The Labute approximate surface area is 198 Å². The van der Waals surface area contributed by atoms with Gasteiger partial charge >= 0.3 is 6.09 Å². The second kappa shape index (κ2) is 10.7. The lowest BCUT2D eigenvalue weighted by Gasteiger charge is -2.33. The van der Waals surface area contributed by atoms with Gasteiger partial charge in [0.1, 0.15) is 6.10 Å². The third kappa shape index (κ3) is 5.56. The molecule has 2 N–H and O–H groups in total. The van der Waals surface area contributed by atoms with Crippen LogP contribution in [0.3, 0.4) is 0 Å². The molecule has 2 atom stereocenters. The van der Waals surface area contributed by atoms with Crippen molar-refractivity contribution in [3.05, 3.63) is 28.8 Å². The van der Waals surface area contributed by atoms with Gasteiger partial charge in [-0.1, -0.05) is 0 Å². The van der Waals surface area contributed by atoms with E-state index in [1.165, 1.54) is 12.7 Å². The Kier molecular flexibility index (Phi) is 7.67. The van der Waals surface area contributed by atoms with Crippen molar-refractivity contribution in [3.8, 4) is 10.6 Å². The zero-order valence-corrected chi connectivity index (χ0v) is 20.3. The molecule has 1 saturated heterocycles. The lowest BCUT2D eigenvalue weighted by Crippen LogP contribution is -2.50. The molecular weight excluding hydrogens is 442 g/mol. The van der Waals surface area contributed by atoms with Gasteiger partial charge in [0.15, 0.2) is 0 Å². The maximum Gasteiger partial charge on any atom is 0.406 e. The number of alkyl carbamates (subject to hydrolysis) is 1. The third-order valence-corrected chi connectivity index (χ3v) is 7.56. The highest BCUT2D eigenvalue weighted by Gasteiger charge is 2.40. The van der Waals surface area contributed by atoms with Crippen molar-refractivity contribution in [1.82, 2.24) is 25.3 Å². The van der Waals surface area contributed by atoms with Crippen molar-refractivity contribution in [1.29, 1.82) is 0 Å². The predicted molar refractivity (Wildman–Crippen MR) is 126 cm³/mol. The number of aromatic nitrogens is 2. The molecule has 10 heteroatoms. The van der Waals surface area contributed by atoms with Gasteiger partial charge in [-0.25, -0.2) is 4.79 Å². The number of ether oxygens (including phenoxy) is 2. The minimum Gasteiger partial charge on any atom is -0.453 e. The van der Waals surface area contributed by atoms with Crippen LogP contribution in [0.5, 0.6) is 0 Å². The molecule has 1 aliphatic heterocycles. The first-order chi connectivity index (χ1) is 16.0. The summed E-state index contributed by atoms with van der Waals surface area (Å²) in [5.74, 6) is 0.0801. The molecule has 1 aliphatic carbocycles. The number of aryl methyl sites for hydroxylation is 2. The summed E-state index contributed by atoms with van der Waals surface area (Å²) >= 11 is 1.72. The van der Waals surface area contributed by atoms with Crippen molar-refractivity contribution >= 4 is 23.3 Å². The maximum atomic E-state index is 13.4. The fraction of sp³-hybridized carbons (Fsp3) is 0.609. The van der Waals surface area contributed by atoms with Crippen LogP contribution >= 0.6 is 11.3 Å². The smallest absolute Gasteiger partial charge is 0.406 e. The van der Waals surface area contributed by atoms with Crippen LogP contribution in [0.15, 0.2) is 18.3 Å². The van der Waals surface area contributed by atoms with Gasteiger partial charge in [-0.05, 0) is 50.3 Å². The van der Waals surface area contributed by atoms with Crippen LogP contribution in [-0.2, 0) is 27.7 Å². The number of morpholine rings is 1. The van der Waals surface area contributed by atoms with Gasteiger partial charge in [0, 0.05) is 43.8 Å². The van der Waals surface area contributed by atoms with E-state index >= 15 is 0 Å². The van der Waals surface area contributed by atoms with Gasteiger partial charge in [-0.3, -0.25) is 9.48 Å². The molecule has 9 nitrogen and oxygen atoms in total. The molecule has 0 unspecified atom stereocenters. The number of methoxy groups -OCH3 is 1. The average Bonchev–Trinajstić information content (AvgIpc) is 3.43. The van der Waals surface area contributed by atoms with E-state index in [0.29, 0.717) is 19.7 Å². The molecule has 180 valence electrons. The Morgan fingerprint density at radius 3 is 2.91 bits per heavy atom. The number of carbonyl (C=O) groups is 2. The summed E-state index contributed by atoms with van der Waals surface area (Å²) in [6, 6.07) is 4.49. The topological polar surface area (TPSA) is 97.7 Å². The van der Waals surface area contributed by atoms with E-state index in [4.69, 9.17) is 4.74 Å². The molecule has 3 heterocycles. The van der Waals surface area contributed by atoms with Gasteiger partial charge in [0.25, 0.3) is 5.91 Å². The molecule has 2 fully saturated rings. The lowest BCUT2D eigenvalue weighted by atomic mass is 10.1. The van der Waals surface area contributed by atoms with E-state index in [0.717, 1.165) is 47.7 Å². The summed E-state index contributed by atoms with van der Waals surface area (Å²) in [6.07, 6.45) is 4.65. The predicted octanol–water partition coefficient (Wildman–Crippen LogP) is 2.48. The fourth-order valence-corrected chi connectivity index (χ4v) is 5.58. The van der Waals surface area contributed by atoms with E-state index < -0.39 is 12.2 Å². The summed E-state index contributed by atoms with van der Waals surface area (Å²) in [5, 5.41) is 10.4. The van der Waals surface area contributed by atoms with Crippen molar-refractivity contribution in [2.24, 2.45) is 7.05 Å². The largest absolute Gasteiger partial charge is 0.453 e. The molecule has 2 amide bonds. The SMILES string of the molecule is COC(=O)NCCCc1cc([C@@H](C)N(C(=O)[C@H]2CNCCO2)C2CC2)sc1-c1ccnn1C. The van der Waals surface area contributed by atoms with Crippen LogP contribution in [-0.4, -0.2) is 72.2 Å². The molecule has 4 rings (SSSR count).